The Kier molecular flexibility index (Phi) is 5.15. The van der Waals surface area contributed by atoms with Crippen LogP contribution in [0.1, 0.15) is 10.4 Å². The smallest absolute Gasteiger partial charge is 0.257 e. The van der Waals surface area contributed by atoms with Crippen molar-refractivity contribution < 1.29 is 14.6 Å². The molecule has 0 atom stereocenters. The van der Waals surface area contributed by atoms with Gasteiger partial charge in [-0.3, -0.25) is 4.79 Å². The van der Waals surface area contributed by atoms with Gasteiger partial charge in [-0.2, -0.15) is 11.8 Å². The van der Waals surface area contributed by atoms with Crippen LogP contribution in [0.15, 0.2) is 18.2 Å². The van der Waals surface area contributed by atoms with Gasteiger partial charge in [-0.15, -0.1) is 0 Å². The van der Waals surface area contributed by atoms with Crippen LogP contribution in [0.5, 0.6) is 11.5 Å². The number of amides is 1. The summed E-state index contributed by atoms with van der Waals surface area (Å²) in [4.78, 5) is 13.6. The molecule has 0 saturated carbocycles. The van der Waals surface area contributed by atoms with Crippen molar-refractivity contribution in [2.24, 2.45) is 0 Å². The first-order chi connectivity index (χ1) is 8.10. The molecule has 0 fully saturated rings. The molecule has 1 N–H and O–H groups in total. The number of thioether (sulfide) groups is 1. The zero-order chi connectivity index (χ0) is 12.8. The SMILES string of the molecule is COc1ccc(O)c(C(=O)N(C)CCSC)c1. The molecule has 94 valence electrons. The number of carbonyl (C=O) groups excluding carboxylic acids is 1. The van der Waals surface area contributed by atoms with Crippen molar-refractivity contribution >= 4 is 17.7 Å². The van der Waals surface area contributed by atoms with Gasteiger partial charge < -0.3 is 14.7 Å². The summed E-state index contributed by atoms with van der Waals surface area (Å²) >= 11 is 1.67. The Morgan fingerprint density at radius 2 is 2.24 bits per heavy atom. The van der Waals surface area contributed by atoms with Crippen molar-refractivity contribution in [2.45, 2.75) is 0 Å². The van der Waals surface area contributed by atoms with Crippen LogP contribution >= 0.6 is 11.8 Å². The number of methoxy groups -OCH3 is 1. The van der Waals surface area contributed by atoms with Gasteiger partial charge in [0.1, 0.15) is 11.5 Å². The minimum atomic E-state index is -0.199. The van der Waals surface area contributed by atoms with Crippen molar-refractivity contribution in [3.8, 4) is 11.5 Å². The van der Waals surface area contributed by atoms with E-state index in [1.165, 1.54) is 13.2 Å². The zero-order valence-corrected chi connectivity index (χ0v) is 11.1. The maximum absolute atomic E-state index is 12.0. The molecule has 1 aromatic carbocycles. The average molecular weight is 255 g/mol. The van der Waals surface area contributed by atoms with E-state index in [9.17, 15) is 9.90 Å². The molecule has 1 aromatic rings. The molecule has 0 bridgehead atoms. The summed E-state index contributed by atoms with van der Waals surface area (Å²) in [6.45, 7) is 0.649. The molecular formula is C12H17NO3S. The molecule has 17 heavy (non-hydrogen) atoms. The van der Waals surface area contributed by atoms with E-state index in [4.69, 9.17) is 4.74 Å². The summed E-state index contributed by atoms with van der Waals surface area (Å²) in [5, 5.41) is 9.67. The second kappa shape index (κ2) is 6.39. The minimum absolute atomic E-state index is 0.0215. The summed E-state index contributed by atoms with van der Waals surface area (Å²) < 4.78 is 5.03. The number of aromatic hydroxyl groups is 1. The third-order valence-electron chi connectivity index (χ3n) is 2.41. The Bertz CT molecular complexity index is 395. The van der Waals surface area contributed by atoms with Gasteiger partial charge in [-0.1, -0.05) is 0 Å². The van der Waals surface area contributed by atoms with Crippen LogP contribution in [0, 0.1) is 0 Å². The first-order valence-corrected chi connectivity index (χ1v) is 6.61. The van der Waals surface area contributed by atoms with E-state index in [0.717, 1.165) is 5.75 Å². The maximum atomic E-state index is 12.0. The fourth-order valence-electron chi connectivity index (χ4n) is 1.35. The quantitative estimate of drug-likeness (QED) is 0.872. The summed E-state index contributed by atoms with van der Waals surface area (Å²) in [7, 11) is 3.25. The predicted octanol–water partition coefficient (Wildman–Crippen LogP) is 1.84. The fourth-order valence-corrected chi connectivity index (χ4v) is 1.81. The second-order valence-electron chi connectivity index (χ2n) is 3.60. The van der Waals surface area contributed by atoms with Gasteiger partial charge in [-0.25, -0.2) is 0 Å². The van der Waals surface area contributed by atoms with E-state index in [1.807, 2.05) is 6.26 Å². The molecule has 5 heteroatoms. The zero-order valence-electron chi connectivity index (χ0n) is 10.3. The average Bonchev–Trinajstić information content (AvgIpc) is 2.35. The summed E-state index contributed by atoms with van der Waals surface area (Å²) in [6, 6.07) is 4.63. The number of hydrogen-bond acceptors (Lipinski definition) is 4. The van der Waals surface area contributed by atoms with Crippen molar-refractivity contribution in [3.05, 3.63) is 23.8 Å². The van der Waals surface area contributed by atoms with Gasteiger partial charge in [0.2, 0.25) is 0 Å². The van der Waals surface area contributed by atoms with E-state index in [-0.39, 0.29) is 17.2 Å². The number of benzene rings is 1. The van der Waals surface area contributed by atoms with Crippen molar-refractivity contribution in [1.29, 1.82) is 0 Å². The molecule has 0 spiro atoms. The van der Waals surface area contributed by atoms with Gasteiger partial charge in [0.25, 0.3) is 5.91 Å². The van der Waals surface area contributed by atoms with E-state index < -0.39 is 0 Å². The maximum Gasteiger partial charge on any atom is 0.257 e. The van der Waals surface area contributed by atoms with Crippen molar-refractivity contribution in [1.82, 2.24) is 4.90 Å². The first kappa shape index (κ1) is 13.7. The molecule has 0 unspecified atom stereocenters. The number of hydrogen-bond donors (Lipinski definition) is 1. The lowest BCUT2D eigenvalue weighted by Crippen LogP contribution is -2.28. The van der Waals surface area contributed by atoms with Gasteiger partial charge in [0.15, 0.2) is 0 Å². The Hall–Kier alpha value is -1.36. The molecule has 1 rings (SSSR count). The Morgan fingerprint density at radius 1 is 1.53 bits per heavy atom. The molecule has 0 aliphatic rings. The lowest BCUT2D eigenvalue weighted by molar-refractivity contribution is 0.0800. The van der Waals surface area contributed by atoms with Crippen LogP contribution in [-0.4, -0.2) is 48.6 Å². The molecule has 0 aliphatic heterocycles. The van der Waals surface area contributed by atoms with Gasteiger partial charge in [0.05, 0.1) is 12.7 Å². The van der Waals surface area contributed by atoms with Crippen LogP contribution in [0.3, 0.4) is 0 Å². The molecule has 0 radical (unpaired) electrons. The van der Waals surface area contributed by atoms with Crippen LogP contribution in [0.25, 0.3) is 0 Å². The van der Waals surface area contributed by atoms with Crippen molar-refractivity contribution in [3.63, 3.8) is 0 Å². The number of nitrogens with zero attached hydrogens (tertiary/aromatic N) is 1. The van der Waals surface area contributed by atoms with Crippen LogP contribution in [0.4, 0.5) is 0 Å². The highest BCUT2D eigenvalue weighted by atomic mass is 32.2. The van der Waals surface area contributed by atoms with E-state index in [2.05, 4.69) is 0 Å². The van der Waals surface area contributed by atoms with Crippen LogP contribution in [0.2, 0.25) is 0 Å². The lowest BCUT2D eigenvalue weighted by atomic mass is 10.1. The third-order valence-corrected chi connectivity index (χ3v) is 3.00. The van der Waals surface area contributed by atoms with E-state index >= 15 is 0 Å². The van der Waals surface area contributed by atoms with E-state index in [1.54, 1.807) is 35.8 Å². The highest BCUT2D eigenvalue weighted by molar-refractivity contribution is 7.98. The van der Waals surface area contributed by atoms with Gasteiger partial charge in [0, 0.05) is 19.3 Å². The number of carbonyl (C=O) groups is 1. The van der Waals surface area contributed by atoms with Gasteiger partial charge >= 0.3 is 0 Å². The highest BCUT2D eigenvalue weighted by Crippen LogP contribution is 2.23. The molecule has 1 amide bonds. The fraction of sp³-hybridized carbons (Fsp3) is 0.417. The number of phenols is 1. The number of rotatable bonds is 5. The molecular weight excluding hydrogens is 238 g/mol. The molecule has 0 heterocycles. The second-order valence-corrected chi connectivity index (χ2v) is 4.59. The molecule has 0 aliphatic carbocycles. The molecule has 0 aromatic heterocycles. The monoisotopic (exact) mass is 255 g/mol. The summed E-state index contributed by atoms with van der Waals surface area (Å²) in [5.74, 6) is 1.21. The topological polar surface area (TPSA) is 49.8 Å². The minimum Gasteiger partial charge on any atom is -0.507 e. The number of phenolic OH excluding ortho intramolecular Hbond substituents is 1. The third kappa shape index (κ3) is 3.56. The molecule has 0 saturated heterocycles. The summed E-state index contributed by atoms with van der Waals surface area (Å²) in [6.07, 6.45) is 1.99. The lowest BCUT2D eigenvalue weighted by Gasteiger charge is -2.17. The van der Waals surface area contributed by atoms with Gasteiger partial charge in [-0.05, 0) is 24.5 Å². The standard InChI is InChI=1S/C12H17NO3S/c1-13(6-7-17-3)12(15)10-8-9(16-2)4-5-11(10)14/h4-5,8,14H,6-7H2,1-3H3. The van der Waals surface area contributed by atoms with E-state index in [0.29, 0.717) is 12.3 Å². The summed E-state index contributed by atoms with van der Waals surface area (Å²) in [5.41, 5.74) is 0.271. The van der Waals surface area contributed by atoms with Crippen LogP contribution < -0.4 is 4.74 Å². The largest absolute Gasteiger partial charge is 0.507 e. The van der Waals surface area contributed by atoms with Crippen molar-refractivity contribution in [2.75, 3.05) is 32.7 Å². The normalized spacial score (nSPS) is 10.1. The van der Waals surface area contributed by atoms with Crippen LogP contribution in [-0.2, 0) is 0 Å². The predicted molar refractivity (Wildman–Crippen MR) is 70.0 cm³/mol. The Labute approximate surface area is 106 Å². The number of ether oxygens (including phenoxy) is 1. The molecule has 4 nitrogen and oxygen atoms in total. The highest BCUT2D eigenvalue weighted by Gasteiger charge is 2.16. The first-order valence-electron chi connectivity index (χ1n) is 5.21. The Morgan fingerprint density at radius 3 is 2.82 bits per heavy atom. The Balaban J connectivity index is 2.87.